The van der Waals surface area contributed by atoms with Crippen molar-refractivity contribution in [3.8, 4) is 0 Å². The number of β-amino-alcohol motifs (C(OH)–C–C–N with tert-alkyl or cyclic N) is 1. The third kappa shape index (κ3) is 2.40. The van der Waals surface area contributed by atoms with E-state index in [1.165, 1.54) is 12.8 Å². The zero-order valence-electron chi connectivity index (χ0n) is 10.3. The molecule has 1 fully saturated rings. The number of nitrogens with one attached hydrogen (secondary N) is 1. The maximum absolute atomic E-state index is 11.9. The Morgan fingerprint density at radius 2 is 2.17 bits per heavy atom. The normalized spacial score (nSPS) is 20.1. The molecule has 1 aromatic rings. The van der Waals surface area contributed by atoms with Crippen molar-refractivity contribution in [3.05, 3.63) is 29.8 Å². The number of carbonyl (C=O) groups is 1. The van der Waals surface area contributed by atoms with Crippen molar-refractivity contribution in [1.82, 2.24) is 5.32 Å². The molecular formula is C14H18N2O2. The van der Waals surface area contributed by atoms with Gasteiger partial charge in [-0.25, -0.2) is 0 Å². The van der Waals surface area contributed by atoms with E-state index in [4.69, 9.17) is 0 Å². The fourth-order valence-corrected chi connectivity index (χ4v) is 2.38. The number of benzene rings is 1. The Hall–Kier alpha value is -1.39. The zero-order chi connectivity index (χ0) is 12.5. The van der Waals surface area contributed by atoms with Crippen molar-refractivity contribution in [2.24, 2.45) is 0 Å². The van der Waals surface area contributed by atoms with Crippen molar-refractivity contribution in [2.75, 3.05) is 18.0 Å². The molecule has 1 atom stereocenters. The Kier molecular flexibility index (Phi) is 3.06. The highest BCUT2D eigenvalue weighted by atomic mass is 16.3. The average Bonchev–Trinajstić information content (AvgIpc) is 3.14. The molecule has 1 aliphatic heterocycles. The predicted octanol–water partition coefficient (Wildman–Crippen LogP) is 0.689. The summed E-state index contributed by atoms with van der Waals surface area (Å²) in [6.45, 7) is 0.951. The molecule has 18 heavy (non-hydrogen) atoms. The van der Waals surface area contributed by atoms with Gasteiger partial charge in [-0.1, -0.05) is 18.2 Å². The molecule has 0 saturated heterocycles. The van der Waals surface area contributed by atoms with Gasteiger partial charge in [-0.3, -0.25) is 4.79 Å². The fourth-order valence-electron chi connectivity index (χ4n) is 2.38. The summed E-state index contributed by atoms with van der Waals surface area (Å²) < 4.78 is 0. The average molecular weight is 246 g/mol. The van der Waals surface area contributed by atoms with Crippen molar-refractivity contribution in [3.63, 3.8) is 0 Å². The minimum atomic E-state index is -0.499. The van der Waals surface area contributed by atoms with Crippen LogP contribution >= 0.6 is 0 Å². The molecule has 3 rings (SSSR count). The standard InChI is InChI=1S/C14H18N2O2/c17-12(8-15-11-5-6-11)9-16-13-4-2-1-3-10(13)7-14(16)18/h1-4,11-12,15,17H,5-9H2. The molecule has 1 aromatic carbocycles. The van der Waals surface area contributed by atoms with Crippen LogP contribution < -0.4 is 10.2 Å². The lowest BCUT2D eigenvalue weighted by Crippen LogP contribution is -2.40. The number of carbonyl (C=O) groups excluding carboxylic acids is 1. The van der Waals surface area contributed by atoms with Crippen molar-refractivity contribution < 1.29 is 9.90 Å². The van der Waals surface area contributed by atoms with Gasteiger partial charge in [0.1, 0.15) is 0 Å². The molecule has 1 heterocycles. The monoisotopic (exact) mass is 246 g/mol. The number of hydrogen-bond donors (Lipinski definition) is 2. The van der Waals surface area contributed by atoms with Crippen LogP contribution in [0.25, 0.3) is 0 Å². The van der Waals surface area contributed by atoms with Gasteiger partial charge in [0, 0.05) is 18.3 Å². The van der Waals surface area contributed by atoms with E-state index in [-0.39, 0.29) is 5.91 Å². The predicted molar refractivity (Wildman–Crippen MR) is 69.5 cm³/mol. The first-order chi connectivity index (χ1) is 8.74. The van der Waals surface area contributed by atoms with Gasteiger partial charge in [0.25, 0.3) is 0 Å². The van der Waals surface area contributed by atoms with Gasteiger partial charge in [0.2, 0.25) is 5.91 Å². The van der Waals surface area contributed by atoms with E-state index < -0.39 is 6.10 Å². The molecule has 2 N–H and O–H groups in total. The summed E-state index contributed by atoms with van der Waals surface area (Å²) in [7, 11) is 0. The SMILES string of the molecule is O=C1Cc2ccccc2N1CC(O)CNC1CC1. The molecule has 2 aliphatic rings. The molecule has 0 bridgehead atoms. The zero-order valence-corrected chi connectivity index (χ0v) is 10.3. The fraction of sp³-hybridized carbons (Fsp3) is 0.500. The lowest BCUT2D eigenvalue weighted by Gasteiger charge is -2.21. The van der Waals surface area contributed by atoms with E-state index in [1.54, 1.807) is 4.90 Å². The Labute approximate surface area is 107 Å². The Morgan fingerprint density at radius 3 is 2.94 bits per heavy atom. The van der Waals surface area contributed by atoms with Crippen LogP contribution in [0.2, 0.25) is 0 Å². The van der Waals surface area contributed by atoms with Crippen molar-refractivity contribution >= 4 is 11.6 Å². The molecule has 0 spiro atoms. The number of nitrogens with zero attached hydrogens (tertiary/aromatic N) is 1. The van der Waals surface area contributed by atoms with Gasteiger partial charge >= 0.3 is 0 Å². The summed E-state index contributed by atoms with van der Waals surface area (Å²) in [6, 6.07) is 8.38. The summed E-state index contributed by atoms with van der Waals surface area (Å²) in [5.41, 5.74) is 2.01. The summed E-state index contributed by atoms with van der Waals surface area (Å²) in [4.78, 5) is 13.6. The first-order valence-corrected chi connectivity index (χ1v) is 6.54. The molecule has 0 radical (unpaired) electrons. The lowest BCUT2D eigenvalue weighted by molar-refractivity contribution is -0.117. The van der Waals surface area contributed by atoms with E-state index in [1.807, 2.05) is 24.3 Å². The van der Waals surface area contributed by atoms with Gasteiger partial charge in [0.05, 0.1) is 19.1 Å². The van der Waals surface area contributed by atoms with Crippen molar-refractivity contribution in [1.29, 1.82) is 0 Å². The molecule has 1 unspecified atom stereocenters. The smallest absolute Gasteiger partial charge is 0.231 e. The summed E-state index contributed by atoms with van der Waals surface area (Å²) in [6.07, 6.45) is 2.37. The van der Waals surface area contributed by atoms with E-state index in [2.05, 4.69) is 5.32 Å². The maximum Gasteiger partial charge on any atom is 0.231 e. The highest BCUT2D eigenvalue weighted by Crippen LogP contribution is 2.28. The van der Waals surface area contributed by atoms with Gasteiger partial charge in [-0.15, -0.1) is 0 Å². The lowest BCUT2D eigenvalue weighted by atomic mass is 10.2. The first-order valence-electron chi connectivity index (χ1n) is 6.54. The van der Waals surface area contributed by atoms with E-state index >= 15 is 0 Å². The van der Waals surface area contributed by atoms with Gasteiger partial charge in [0.15, 0.2) is 0 Å². The van der Waals surface area contributed by atoms with E-state index in [0.29, 0.717) is 25.6 Å². The number of hydrogen-bond acceptors (Lipinski definition) is 3. The summed E-state index contributed by atoms with van der Waals surface area (Å²) in [5, 5.41) is 13.3. The molecule has 1 saturated carbocycles. The molecule has 0 aromatic heterocycles. The van der Waals surface area contributed by atoms with E-state index in [9.17, 15) is 9.90 Å². The van der Waals surface area contributed by atoms with Gasteiger partial charge in [-0.2, -0.15) is 0 Å². The third-order valence-electron chi connectivity index (χ3n) is 3.54. The topological polar surface area (TPSA) is 52.6 Å². The van der Waals surface area contributed by atoms with E-state index in [0.717, 1.165) is 11.3 Å². The van der Waals surface area contributed by atoms with Crippen LogP contribution in [0.1, 0.15) is 18.4 Å². The molecule has 4 nitrogen and oxygen atoms in total. The number of amides is 1. The Morgan fingerprint density at radius 1 is 1.39 bits per heavy atom. The van der Waals surface area contributed by atoms with Crippen LogP contribution in [0.4, 0.5) is 5.69 Å². The van der Waals surface area contributed by atoms with Gasteiger partial charge in [-0.05, 0) is 24.5 Å². The molecule has 96 valence electrons. The number of rotatable bonds is 5. The second-order valence-electron chi connectivity index (χ2n) is 5.15. The largest absolute Gasteiger partial charge is 0.390 e. The van der Waals surface area contributed by atoms with Crippen LogP contribution in [-0.4, -0.2) is 36.2 Å². The second-order valence-corrected chi connectivity index (χ2v) is 5.15. The number of aliphatic hydroxyl groups excluding tert-OH is 1. The van der Waals surface area contributed by atoms with Crippen molar-refractivity contribution in [2.45, 2.75) is 31.4 Å². The third-order valence-corrected chi connectivity index (χ3v) is 3.54. The summed E-state index contributed by atoms with van der Waals surface area (Å²) >= 11 is 0. The molecular weight excluding hydrogens is 228 g/mol. The summed E-state index contributed by atoms with van der Waals surface area (Å²) in [5.74, 6) is 0.0849. The number of aliphatic hydroxyl groups is 1. The van der Waals surface area contributed by atoms with Crippen LogP contribution in [0, 0.1) is 0 Å². The molecule has 1 aliphatic carbocycles. The molecule has 1 amide bonds. The van der Waals surface area contributed by atoms with Gasteiger partial charge < -0.3 is 15.3 Å². The number of para-hydroxylation sites is 1. The minimum Gasteiger partial charge on any atom is -0.390 e. The number of fused-ring (bicyclic) bond motifs is 1. The quantitative estimate of drug-likeness (QED) is 0.803. The van der Waals surface area contributed by atoms with Crippen LogP contribution in [0.3, 0.4) is 0 Å². The van der Waals surface area contributed by atoms with Crippen LogP contribution in [-0.2, 0) is 11.2 Å². The Balaban J connectivity index is 1.62. The minimum absolute atomic E-state index is 0.0849. The highest BCUT2D eigenvalue weighted by molar-refractivity contribution is 6.01. The molecule has 4 heteroatoms. The Bertz CT molecular complexity index is 457. The van der Waals surface area contributed by atoms with Crippen LogP contribution in [0.15, 0.2) is 24.3 Å². The first kappa shape index (κ1) is 11.7. The van der Waals surface area contributed by atoms with Crippen LogP contribution in [0.5, 0.6) is 0 Å². The number of anilines is 1. The maximum atomic E-state index is 11.9. The highest BCUT2D eigenvalue weighted by Gasteiger charge is 2.29. The second kappa shape index (κ2) is 4.71.